The van der Waals surface area contributed by atoms with E-state index in [9.17, 15) is 9.59 Å². The second kappa shape index (κ2) is 7.60. The summed E-state index contributed by atoms with van der Waals surface area (Å²) in [7, 11) is 1.53. The third-order valence-electron chi connectivity index (χ3n) is 3.05. The lowest BCUT2D eigenvalue weighted by atomic mass is 10.1. The summed E-state index contributed by atoms with van der Waals surface area (Å²) in [4.78, 5) is 27.6. The largest absolute Gasteiger partial charge is 0.496 e. The molecule has 2 rings (SSSR count). The predicted octanol–water partition coefficient (Wildman–Crippen LogP) is 2.29. The van der Waals surface area contributed by atoms with E-state index in [0.717, 1.165) is 5.56 Å². The Bertz CT molecular complexity index is 734. The van der Waals surface area contributed by atoms with Crippen LogP contribution in [0.1, 0.15) is 15.9 Å². The molecule has 0 saturated heterocycles. The van der Waals surface area contributed by atoms with Crippen molar-refractivity contribution in [1.82, 2.24) is 4.98 Å². The molecule has 0 aliphatic heterocycles. The molecular formula is C16H15ClN2O4. The summed E-state index contributed by atoms with van der Waals surface area (Å²) in [6.07, 6.45) is 1.35. The molecule has 23 heavy (non-hydrogen) atoms. The van der Waals surface area contributed by atoms with Crippen LogP contribution in [0, 0.1) is 0 Å². The van der Waals surface area contributed by atoms with Gasteiger partial charge in [0.1, 0.15) is 11.6 Å². The van der Waals surface area contributed by atoms with Crippen LogP contribution in [0.15, 0.2) is 36.5 Å². The summed E-state index contributed by atoms with van der Waals surface area (Å²) in [5.41, 5.74) is 6.33. The Morgan fingerprint density at radius 1 is 1.30 bits per heavy atom. The minimum Gasteiger partial charge on any atom is -0.496 e. The lowest BCUT2D eigenvalue weighted by Crippen LogP contribution is -2.16. The molecule has 0 unspecified atom stereocenters. The summed E-state index contributed by atoms with van der Waals surface area (Å²) in [5.74, 6) is -0.206. The van der Waals surface area contributed by atoms with Gasteiger partial charge in [-0.3, -0.25) is 4.79 Å². The Morgan fingerprint density at radius 2 is 2.04 bits per heavy atom. The summed E-state index contributed by atoms with van der Waals surface area (Å²) < 4.78 is 10.1. The van der Waals surface area contributed by atoms with Crippen molar-refractivity contribution in [2.75, 3.05) is 19.5 Å². The Hall–Kier alpha value is -2.60. The van der Waals surface area contributed by atoms with Crippen molar-refractivity contribution in [1.29, 1.82) is 0 Å². The second-order valence-electron chi connectivity index (χ2n) is 4.69. The lowest BCUT2D eigenvalue weighted by Gasteiger charge is -2.08. The highest BCUT2D eigenvalue weighted by Crippen LogP contribution is 2.19. The Balaban J connectivity index is 1.93. The van der Waals surface area contributed by atoms with Gasteiger partial charge in [-0.1, -0.05) is 29.8 Å². The third-order valence-corrected chi connectivity index (χ3v) is 3.35. The van der Waals surface area contributed by atoms with Crippen LogP contribution in [-0.2, 0) is 16.0 Å². The number of ketones is 1. The van der Waals surface area contributed by atoms with Crippen molar-refractivity contribution in [2.24, 2.45) is 0 Å². The number of nitrogens with two attached hydrogens (primary N) is 1. The number of esters is 1. The number of halogens is 1. The van der Waals surface area contributed by atoms with Gasteiger partial charge in [-0.15, -0.1) is 0 Å². The van der Waals surface area contributed by atoms with Crippen molar-refractivity contribution in [3.63, 3.8) is 0 Å². The molecule has 0 atom stereocenters. The number of methoxy groups -OCH3 is 1. The average Bonchev–Trinajstić information content (AvgIpc) is 2.55. The molecule has 0 fully saturated rings. The molecule has 2 N–H and O–H groups in total. The summed E-state index contributed by atoms with van der Waals surface area (Å²) in [5, 5.41) is 0.153. The molecule has 0 radical (unpaired) electrons. The average molecular weight is 335 g/mol. The summed E-state index contributed by atoms with van der Waals surface area (Å²) in [6.45, 7) is -0.348. The van der Waals surface area contributed by atoms with Gasteiger partial charge in [-0.25, -0.2) is 9.78 Å². The Kier molecular flexibility index (Phi) is 5.54. The number of carbonyl (C=O) groups is 2. The third kappa shape index (κ3) is 4.43. The Morgan fingerprint density at radius 3 is 2.74 bits per heavy atom. The monoisotopic (exact) mass is 334 g/mol. The van der Waals surface area contributed by atoms with Crippen molar-refractivity contribution >= 4 is 29.2 Å². The van der Waals surface area contributed by atoms with Crippen LogP contribution < -0.4 is 10.5 Å². The van der Waals surface area contributed by atoms with Crippen molar-refractivity contribution in [3.8, 4) is 5.75 Å². The number of anilines is 1. The fourth-order valence-electron chi connectivity index (χ4n) is 1.90. The van der Waals surface area contributed by atoms with Gasteiger partial charge >= 0.3 is 5.97 Å². The zero-order valence-corrected chi connectivity index (χ0v) is 13.2. The molecular weight excluding hydrogens is 320 g/mol. The first-order chi connectivity index (χ1) is 11.0. The van der Waals surface area contributed by atoms with Crippen LogP contribution in [0.25, 0.3) is 0 Å². The van der Waals surface area contributed by atoms with Crippen LogP contribution in [0.5, 0.6) is 5.75 Å². The van der Waals surface area contributed by atoms with Gasteiger partial charge in [0.05, 0.1) is 17.7 Å². The molecule has 120 valence electrons. The highest BCUT2D eigenvalue weighted by molar-refractivity contribution is 6.33. The lowest BCUT2D eigenvalue weighted by molar-refractivity contribution is -0.121. The molecule has 1 aromatic heterocycles. The number of hydrogen-bond acceptors (Lipinski definition) is 6. The van der Waals surface area contributed by atoms with Crippen molar-refractivity contribution < 1.29 is 19.1 Å². The quantitative estimate of drug-likeness (QED) is 0.815. The van der Waals surface area contributed by atoms with Gasteiger partial charge in [0, 0.05) is 18.2 Å². The SMILES string of the molecule is COc1ccccc1CC(=O)COC(=O)c1cnc(N)c(Cl)c1. The number of aromatic nitrogens is 1. The molecule has 6 nitrogen and oxygen atoms in total. The number of rotatable bonds is 6. The van der Waals surface area contributed by atoms with E-state index in [0.29, 0.717) is 5.75 Å². The van der Waals surface area contributed by atoms with E-state index in [1.54, 1.807) is 18.2 Å². The van der Waals surface area contributed by atoms with Gasteiger partial charge in [0.25, 0.3) is 0 Å². The van der Waals surface area contributed by atoms with Crippen molar-refractivity contribution in [2.45, 2.75) is 6.42 Å². The molecule has 1 aromatic carbocycles. The van der Waals surface area contributed by atoms with E-state index in [4.69, 9.17) is 26.8 Å². The van der Waals surface area contributed by atoms with E-state index in [1.807, 2.05) is 6.07 Å². The second-order valence-corrected chi connectivity index (χ2v) is 5.10. The molecule has 1 heterocycles. The molecule has 0 amide bonds. The Labute approximate surface area is 138 Å². The smallest absolute Gasteiger partial charge is 0.340 e. The fraction of sp³-hybridized carbons (Fsp3) is 0.188. The molecule has 0 aliphatic rings. The molecule has 2 aromatic rings. The molecule has 0 aliphatic carbocycles. The van der Waals surface area contributed by atoms with E-state index >= 15 is 0 Å². The number of pyridine rings is 1. The van der Waals surface area contributed by atoms with E-state index in [-0.39, 0.29) is 35.2 Å². The number of ether oxygens (including phenoxy) is 2. The number of benzene rings is 1. The molecule has 0 spiro atoms. The number of hydrogen-bond donors (Lipinski definition) is 1. The fourth-order valence-corrected chi connectivity index (χ4v) is 2.07. The highest BCUT2D eigenvalue weighted by atomic mass is 35.5. The molecule has 7 heteroatoms. The first-order valence-electron chi connectivity index (χ1n) is 6.73. The van der Waals surface area contributed by atoms with E-state index < -0.39 is 5.97 Å². The summed E-state index contributed by atoms with van der Waals surface area (Å²) >= 11 is 5.79. The topological polar surface area (TPSA) is 91.5 Å². The predicted molar refractivity (Wildman–Crippen MR) is 85.6 cm³/mol. The van der Waals surface area contributed by atoms with Gasteiger partial charge in [-0.2, -0.15) is 0 Å². The van der Waals surface area contributed by atoms with Crippen LogP contribution in [-0.4, -0.2) is 30.5 Å². The maximum absolute atomic E-state index is 11.9. The number of Topliss-reactive ketones (excluding diaryl/α,β-unsaturated/α-hetero) is 1. The first kappa shape index (κ1) is 16.8. The number of para-hydroxylation sites is 1. The number of nitrogen functional groups attached to an aromatic ring is 1. The van der Waals surface area contributed by atoms with Crippen molar-refractivity contribution in [3.05, 3.63) is 52.7 Å². The maximum atomic E-state index is 11.9. The van der Waals surface area contributed by atoms with Gasteiger partial charge < -0.3 is 15.2 Å². The van der Waals surface area contributed by atoms with Crippen LogP contribution in [0.4, 0.5) is 5.82 Å². The van der Waals surface area contributed by atoms with Crippen LogP contribution in [0.3, 0.4) is 0 Å². The minimum atomic E-state index is -0.687. The zero-order valence-electron chi connectivity index (χ0n) is 12.4. The van der Waals surface area contributed by atoms with E-state index in [1.165, 1.54) is 19.4 Å². The maximum Gasteiger partial charge on any atom is 0.340 e. The first-order valence-corrected chi connectivity index (χ1v) is 7.10. The molecule has 0 saturated carbocycles. The summed E-state index contributed by atoms with van der Waals surface area (Å²) in [6, 6.07) is 8.50. The van der Waals surface area contributed by atoms with Gasteiger partial charge in [-0.05, 0) is 12.1 Å². The molecule has 0 bridgehead atoms. The van der Waals surface area contributed by atoms with Crippen LogP contribution in [0.2, 0.25) is 5.02 Å². The minimum absolute atomic E-state index is 0.109. The zero-order chi connectivity index (χ0) is 16.8. The van der Waals surface area contributed by atoms with Crippen LogP contribution >= 0.6 is 11.6 Å². The number of nitrogens with zero attached hydrogens (tertiary/aromatic N) is 1. The normalized spacial score (nSPS) is 10.2. The number of carbonyl (C=O) groups excluding carboxylic acids is 2. The standard InChI is InChI=1S/C16H15ClN2O4/c1-22-14-5-3-2-4-10(14)6-12(20)9-23-16(21)11-7-13(17)15(18)19-8-11/h2-5,7-8H,6,9H2,1H3,(H2,18,19). The highest BCUT2D eigenvalue weighted by Gasteiger charge is 2.14. The van der Waals surface area contributed by atoms with Gasteiger partial charge in [0.15, 0.2) is 12.4 Å². The van der Waals surface area contributed by atoms with E-state index in [2.05, 4.69) is 4.98 Å². The van der Waals surface area contributed by atoms with Gasteiger partial charge in [0.2, 0.25) is 0 Å².